The van der Waals surface area contributed by atoms with Gasteiger partial charge in [-0.1, -0.05) is 109 Å². The van der Waals surface area contributed by atoms with E-state index in [0.717, 1.165) is 52.9 Å². The molecule has 4 N–H and O–H groups in total. The fraction of sp³-hybridized carbons (Fsp3) is 0.527. The largest absolute Gasteiger partial charge is 0.489 e. The first-order valence-electron chi connectivity index (χ1n) is 24.6. The van der Waals surface area contributed by atoms with Crippen LogP contribution in [-0.4, -0.2) is 102 Å². The number of benzene rings is 3. The predicted octanol–water partition coefficient (Wildman–Crippen LogP) is 8.47. The van der Waals surface area contributed by atoms with E-state index >= 15 is 0 Å². The van der Waals surface area contributed by atoms with Crippen LogP contribution in [0.1, 0.15) is 126 Å². The van der Waals surface area contributed by atoms with Gasteiger partial charge in [0.25, 0.3) is 5.91 Å². The third-order valence-electron chi connectivity index (χ3n) is 14.7. The average molecular weight is 1010 g/mol. The number of aromatic nitrogens is 1. The molecular formula is C55H69ClN6O8S. The number of aliphatic hydroxyl groups excluding tert-OH is 1. The number of carbonyl (C=O) groups excluding carboxylic acids is 4. The van der Waals surface area contributed by atoms with Crippen molar-refractivity contribution in [3.05, 3.63) is 105 Å². The van der Waals surface area contributed by atoms with Crippen LogP contribution in [0.5, 0.6) is 5.75 Å². The Hall–Kier alpha value is -5.37. The molecule has 7 rings (SSSR count). The Labute approximate surface area is 427 Å². The highest BCUT2D eigenvalue weighted by Crippen LogP contribution is 2.55. The number of rotatable bonds is 19. The third kappa shape index (κ3) is 11.8. The summed E-state index contributed by atoms with van der Waals surface area (Å²) >= 11 is 7.84. The Morgan fingerprint density at radius 2 is 1.68 bits per heavy atom. The van der Waals surface area contributed by atoms with Crippen molar-refractivity contribution < 1.29 is 38.5 Å². The molecule has 71 heavy (non-hydrogen) atoms. The monoisotopic (exact) mass is 1010 g/mol. The van der Waals surface area contributed by atoms with Crippen LogP contribution in [0.25, 0.3) is 10.4 Å². The maximum absolute atomic E-state index is 14.1. The standard InChI is InChI=1S/C55H69ClN6O8S/c1-33(35-13-15-36(16-14-35)45-34(2)58-32-71-45)59-48(66)43-25-40(63)28-62(43)49(67)46(52(3,4)5)60-44(64)29-68-24-12-10-11-23-55(30-69-31-55)39-20-17-37(18-21-39)47(65)61-50-53(6,7)51(54(50,8)9)70-41-22-19-38(27-57)42(56)26-41/h13-22,26,32-33,40,43,46,50-51,63H,10-12,23-25,28-31H2,1-9H3,(H,59,66)(H,60,64)(H,61,65)/t33-,40+,43-,46?,50?,51?/m0/s1. The van der Waals surface area contributed by atoms with Crippen LogP contribution in [0.4, 0.5) is 0 Å². The molecule has 2 saturated heterocycles. The van der Waals surface area contributed by atoms with Gasteiger partial charge in [-0.15, -0.1) is 11.3 Å². The van der Waals surface area contributed by atoms with Crippen LogP contribution in [-0.2, 0) is 29.3 Å². The van der Waals surface area contributed by atoms with E-state index in [1.165, 1.54) is 4.90 Å². The zero-order valence-electron chi connectivity index (χ0n) is 42.4. The Bertz CT molecular complexity index is 2580. The van der Waals surface area contributed by atoms with E-state index in [1.807, 2.05) is 88.7 Å². The molecule has 16 heteroatoms. The highest BCUT2D eigenvalue weighted by Gasteiger charge is 2.64. The number of hydrogen-bond acceptors (Lipinski definition) is 11. The Balaban J connectivity index is 0.837. The van der Waals surface area contributed by atoms with Gasteiger partial charge in [-0.25, -0.2) is 4.98 Å². The number of thiazole rings is 1. The molecule has 4 amide bonds. The topological polar surface area (TPSA) is 192 Å². The van der Waals surface area contributed by atoms with Crippen molar-refractivity contribution in [2.45, 2.75) is 136 Å². The number of unbranched alkanes of at least 4 members (excludes halogenated alkanes) is 2. The summed E-state index contributed by atoms with van der Waals surface area (Å²) in [6.45, 7) is 19.1. The average Bonchev–Trinajstić information content (AvgIpc) is 3.93. The van der Waals surface area contributed by atoms with Crippen molar-refractivity contribution in [3.8, 4) is 22.3 Å². The van der Waals surface area contributed by atoms with E-state index in [0.29, 0.717) is 41.7 Å². The normalized spacial score (nSPS) is 21.7. The minimum absolute atomic E-state index is 0.0149. The van der Waals surface area contributed by atoms with Crippen LogP contribution in [0.3, 0.4) is 0 Å². The van der Waals surface area contributed by atoms with Gasteiger partial charge >= 0.3 is 0 Å². The number of aryl methyl sites for hydroxylation is 1. The first-order chi connectivity index (χ1) is 33.5. The van der Waals surface area contributed by atoms with Crippen molar-refractivity contribution in [2.24, 2.45) is 16.2 Å². The molecule has 1 saturated carbocycles. The molecular weight excluding hydrogens is 940 g/mol. The van der Waals surface area contributed by atoms with Crippen molar-refractivity contribution in [1.82, 2.24) is 25.8 Å². The maximum Gasteiger partial charge on any atom is 0.251 e. The van der Waals surface area contributed by atoms with E-state index in [-0.39, 0.29) is 65.8 Å². The fourth-order valence-corrected chi connectivity index (χ4v) is 11.8. The molecule has 4 atom stereocenters. The van der Waals surface area contributed by atoms with E-state index < -0.39 is 35.4 Å². The molecule has 380 valence electrons. The van der Waals surface area contributed by atoms with Crippen molar-refractivity contribution in [3.63, 3.8) is 0 Å². The van der Waals surface area contributed by atoms with E-state index in [2.05, 4.69) is 54.7 Å². The number of halogens is 1. The van der Waals surface area contributed by atoms with Gasteiger partial charge in [0.15, 0.2) is 0 Å². The van der Waals surface area contributed by atoms with Gasteiger partial charge in [-0.2, -0.15) is 5.26 Å². The number of amides is 4. The molecule has 3 aliphatic rings. The fourth-order valence-electron chi connectivity index (χ4n) is 10.8. The number of carbonyl (C=O) groups is 4. The molecule has 3 aromatic carbocycles. The number of nitrogens with one attached hydrogen (secondary N) is 3. The van der Waals surface area contributed by atoms with Crippen molar-refractivity contribution in [2.75, 3.05) is 33.0 Å². The molecule has 0 spiro atoms. The second-order valence-corrected chi connectivity index (χ2v) is 23.2. The smallest absolute Gasteiger partial charge is 0.251 e. The molecule has 14 nitrogen and oxygen atoms in total. The number of β-amino-alcohol motifs (C(OH)–C–C–N with tert-alkyl or cyclic N) is 1. The molecule has 2 aliphatic heterocycles. The van der Waals surface area contributed by atoms with Gasteiger partial charge in [0.1, 0.15) is 36.6 Å². The Morgan fingerprint density at radius 3 is 2.27 bits per heavy atom. The van der Waals surface area contributed by atoms with Crippen molar-refractivity contribution >= 4 is 46.6 Å². The lowest BCUT2D eigenvalue weighted by atomic mass is 9.49. The first-order valence-corrected chi connectivity index (χ1v) is 25.8. The SMILES string of the molecule is Cc1ncsc1-c1ccc([C@H](C)NC(=O)[C@@H]2C[C@@H](O)CN2C(=O)C(NC(=O)COCCCCCC2(c3ccc(C(=O)NC4C(C)(C)C(Oc5ccc(C#N)c(Cl)c5)C4(C)C)cc3)COC2)C(C)(C)C)cc1. The van der Waals surface area contributed by atoms with Gasteiger partial charge < -0.3 is 40.2 Å². The predicted molar refractivity (Wildman–Crippen MR) is 274 cm³/mol. The minimum atomic E-state index is -0.957. The van der Waals surface area contributed by atoms with E-state index in [4.69, 9.17) is 25.8 Å². The van der Waals surface area contributed by atoms with Gasteiger partial charge in [-0.3, -0.25) is 19.2 Å². The molecule has 4 aromatic rings. The molecule has 1 aliphatic carbocycles. The van der Waals surface area contributed by atoms with E-state index in [1.54, 1.807) is 29.5 Å². The number of hydrogen-bond donors (Lipinski definition) is 4. The number of likely N-dealkylation sites (tertiary alicyclic amines) is 1. The lowest BCUT2D eigenvalue weighted by Gasteiger charge is -2.63. The summed E-state index contributed by atoms with van der Waals surface area (Å²) in [5.41, 5.74) is 5.21. The van der Waals surface area contributed by atoms with Gasteiger partial charge in [0.2, 0.25) is 17.7 Å². The van der Waals surface area contributed by atoms with Crippen LogP contribution < -0.4 is 20.7 Å². The third-order valence-corrected chi connectivity index (χ3v) is 16.0. The molecule has 3 heterocycles. The number of aliphatic hydroxyl groups is 1. The summed E-state index contributed by atoms with van der Waals surface area (Å²) in [6.07, 6.45) is 2.44. The van der Waals surface area contributed by atoms with Crippen LogP contribution in [0.2, 0.25) is 5.02 Å². The second kappa shape index (κ2) is 21.8. The summed E-state index contributed by atoms with van der Waals surface area (Å²) in [6, 6.07) is 20.5. The zero-order chi connectivity index (χ0) is 51.5. The lowest BCUT2D eigenvalue weighted by molar-refractivity contribution is -0.164. The number of nitrogens with zero attached hydrogens (tertiary/aromatic N) is 3. The van der Waals surface area contributed by atoms with Gasteiger partial charge in [0, 0.05) is 53.5 Å². The quantitative estimate of drug-likeness (QED) is 0.0663. The zero-order valence-corrected chi connectivity index (χ0v) is 44.0. The minimum Gasteiger partial charge on any atom is -0.489 e. The van der Waals surface area contributed by atoms with Gasteiger partial charge in [0.05, 0.1) is 52.0 Å². The highest BCUT2D eigenvalue weighted by atomic mass is 35.5. The summed E-state index contributed by atoms with van der Waals surface area (Å²) < 4.78 is 17.9. The molecule has 3 fully saturated rings. The number of ether oxygens (including phenoxy) is 3. The summed E-state index contributed by atoms with van der Waals surface area (Å²) in [7, 11) is 0. The number of nitriles is 1. The van der Waals surface area contributed by atoms with Crippen molar-refractivity contribution in [1.29, 1.82) is 5.26 Å². The van der Waals surface area contributed by atoms with Crippen LogP contribution in [0.15, 0.2) is 72.2 Å². The Morgan fingerprint density at radius 1 is 0.986 bits per heavy atom. The van der Waals surface area contributed by atoms with Crippen LogP contribution >= 0.6 is 22.9 Å². The molecule has 0 radical (unpaired) electrons. The molecule has 1 unspecified atom stereocenters. The maximum atomic E-state index is 14.1. The summed E-state index contributed by atoms with van der Waals surface area (Å²) in [4.78, 5) is 61.5. The molecule has 0 bridgehead atoms. The lowest BCUT2D eigenvalue weighted by Crippen LogP contribution is -2.74. The first kappa shape index (κ1) is 53.4. The van der Waals surface area contributed by atoms with Gasteiger partial charge in [-0.05, 0) is 73.1 Å². The Kier molecular flexibility index (Phi) is 16.4. The van der Waals surface area contributed by atoms with Crippen LogP contribution in [0, 0.1) is 34.5 Å². The summed E-state index contributed by atoms with van der Waals surface area (Å²) in [5, 5.41) is 29.4. The highest BCUT2D eigenvalue weighted by molar-refractivity contribution is 7.13. The summed E-state index contributed by atoms with van der Waals surface area (Å²) in [5.74, 6) is -0.800. The van der Waals surface area contributed by atoms with E-state index in [9.17, 15) is 29.5 Å². The molecule has 1 aromatic heterocycles. The second-order valence-electron chi connectivity index (χ2n) is 21.9.